The lowest BCUT2D eigenvalue weighted by Crippen LogP contribution is -2.27. The summed E-state index contributed by atoms with van der Waals surface area (Å²) in [6.07, 6.45) is 0. The molecule has 2 aromatic carbocycles. The van der Waals surface area contributed by atoms with Gasteiger partial charge in [-0.1, -0.05) is 12.1 Å². The number of para-hydroxylation sites is 2. The molecule has 1 fully saturated rings. The number of anilines is 2. The zero-order valence-electron chi connectivity index (χ0n) is 16.2. The SMILES string of the molecule is CC(C)(C)n1c(NC(=O)c2ccc(N3CCNC3=O)cc2)nc2ccccc21. The Labute approximate surface area is 163 Å². The molecule has 3 amide bonds. The molecule has 1 aliphatic heterocycles. The molecule has 2 heterocycles. The van der Waals surface area contributed by atoms with Crippen LogP contribution in [0.2, 0.25) is 0 Å². The third-order valence-electron chi connectivity index (χ3n) is 4.75. The van der Waals surface area contributed by atoms with E-state index in [4.69, 9.17) is 0 Å². The van der Waals surface area contributed by atoms with E-state index in [9.17, 15) is 9.59 Å². The predicted molar refractivity (Wildman–Crippen MR) is 110 cm³/mol. The fourth-order valence-corrected chi connectivity index (χ4v) is 3.47. The van der Waals surface area contributed by atoms with E-state index in [1.165, 1.54) is 0 Å². The normalized spacial score (nSPS) is 14.4. The van der Waals surface area contributed by atoms with Gasteiger partial charge in [0.25, 0.3) is 5.91 Å². The van der Waals surface area contributed by atoms with Crippen LogP contribution in [0, 0.1) is 0 Å². The molecular formula is C21H23N5O2. The monoisotopic (exact) mass is 377 g/mol. The molecule has 0 saturated carbocycles. The quantitative estimate of drug-likeness (QED) is 0.732. The topological polar surface area (TPSA) is 79.3 Å². The highest BCUT2D eigenvalue weighted by atomic mass is 16.2. The Balaban J connectivity index is 1.61. The van der Waals surface area contributed by atoms with Crippen LogP contribution in [-0.2, 0) is 5.54 Å². The number of imidazole rings is 1. The average molecular weight is 377 g/mol. The van der Waals surface area contributed by atoms with Gasteiger partial charge in [-0.2, -0.15) is 0 Å². The molecule has 0 unspecified atom stereocenters. The number of urea groups is 1. The smallest absolute Gasteiger partial charge is 0.321 e. The molecule has 0 radical (unpaired) electrons. The molecule has 3 aromatic rings. The summed E-state index contributed by atoms with van der Waals surface area (Å²) in [5.74, 6) is 0.278. The van der Waals surface area contributed by atoms with Gasteiger partial charge in [-0.3, -0.25) is 15.0 Å². The van der Waals surface area contributed by atoms with Crippen LogP contribution in [0.25, 0.3) is 11.0 Å². The van der Waals surface area contributed by atoms with Crippen molar-refractivity contribution < 1.29 is 9.59 Å². The van der Waals surface area contributed by atoms with Gasteiger partial charge in [-0.25, -0.2) is 9.78 Å². The van der Waals surface area contributed by atoms with Crippen molar-refractivity contribution in [2.75, 3.05) is 23.3 Å². The van der Waals surface area contributed by atoms with Crippen molar-refractivity contribution in [3.63, 3.8) is 0 Å². The van der Waals surface area contributed by atoms with E-state index in [0.717, 1.165) is 16.7 Å². The molecule has 0 atom stereocenters. The van der Waals surface area contributed by atoms with Crippen LogP contribution in [0.5, 0.6) is 0 Å². The minimum Gasteiger partial charge on any atom is -0.336 e. The molecule has 1 aliphatic rings. The Morgan fingerprint density at radius 3 is 2.46 bits per heavy atom. The summed E-state index contributed by atoms with van der Waals surface area (Å²) < 4.78 is 2.03. The van der Waals surface area contributed by atoms with Crippen molar-refractivity contribution in [2.24, 2.45) is 0 Å². The molecule has 1 saturated heterocycles. The number of nitrogens with zero attached hydrogens (tertiary/aromatic N) is 3. The van der Waals surface area contributed by atoms with Crippen molar-refractivity contribution in [1.82, 2.24) is 14.9 Å². The highest BCUT2D eigenvalue weighted by molar-refractivity contribution is 6.04. The van der Waals surface area contributed by atoms with Gasteiger partial charge in [0.1, 0.15) is 0 Å². The van der Waals surface area contributed by atoms with E-state index in [-0.39, 0.29) is 17.5 Å². The van der Waals surface area contributed by atoms with Gasteiger partial charge in [0, 0.05) is 29.9 Å². The Hall–Kier alpha value is -3.35. The first kappa shape index (κ1) is 18.0. The highest BCUT2D eigenvalue weighted by Crippen LogP contribution is 2.28. The molecular weight excluding hydrogens is 354 g/mol. The summed E-state index contributed by atoms with van der Waals surface area (Å²) in [6, 6.07) is 14.7. The number of benzene rings is 2. The minimum atomic E-state index is -0.244. The fourth-order valence-electron chi connectivity index (χ4n) is 3.47. The lowest BCUT2D eigenvalue weighted by atomic mass is 10.1. The molecule has 28 heavy (non-hydrogen) atoms. The van der Waals surface area contributed by atoms with Crippen LogP contribution in [0.3, 0.4) is 0 Å². The second-order valence-electron chi connectivity index (χ2n) is 7.81. The third-order valence-corrected chi connectivity index (χ3v) is 4.75. The number of hydrogen-bond acceptors (Lipinski definition) is 3. The molecule has 7 heteroatoms. The van der Waals surface area contributed by atoms with Crippen LogP contribution < -0.4 is 15.5 Å². The van der Waals surface area contributed by atoms with Crippen molar-refractivity contribution >= 4 is 34.6 Å². The van der Waals surface area contributed by atoms with E-state index < -0.39 is 0 Å². The molecule has 0 spiro atoms. The molecule has 0 aliphatic carbocycles. The standard InChI is InChI=1S/C21H23N5O2/c1-21(2,3)26-17-7-5-4-6-16(17)23-19(26)24-18(27)14-8-10-15(11-9-14)25-13-12-22-20(25)28/h4-11H,12-13H2,1-3H3,(H,22,28)(H,23,24,27). The number of hydrogen-bond donors (Lipinski definition) is 2. The number of nitrogens with one attached hydrogen (secondary N) is 2. The molecule has 4 rings (SSSR count). The summed E-state index contributed by atoms with van der Waals surface area (Å²) >= 11 is 0. The van der Waals surface area contributed by atoms with Crippen molar-refractivity contribution in [1.29, 1.82) is 0 Å². The third kappa shape index (κ3) is 3.19. The Morgan fingerprint density at radius 1 is 1.11 bits per heavy atom. The van der Waals surface area contributed by atoms with Crippen LogP contribution >= 0.6 is 0 Å². The van der Waals surface area contributed by atoms with E-state index >= 15 is 0 Å². The maximum Gasteiger partial charge on any atom is 0.321 e. The number of fused-ring (bicyclic) bond motifs is 1. The summed E-state index contributed by atoms with van der Waals surface area (Å²) in [5, 5.41) is 5.71. The lowest BCUT2D eigenvalue weighted by Gasteiger charge is -2.24. The molecule has 2 N–H and O–H groups in total. The molecule has 7 nitrogen and oxygen atoms in total. The molecule has 0 bridgehead atoms. The largest absolute Gasteiger partial charge is 0.336 e. The molecule has 144 valence electrons. The summed E-state index contributed by atoms with van der Waals surface area (Å²) in [5.41, 5.74) is 2.85. The van der Waals surface area contributed by atoms with Crippen molar-refractivity contribution in [2.45, 2.75) is 26.3 Å². The average Bonchev–Trinajstić information content (AvgIpc) is 3.24. The zero-order valence-corrected chi connectivity index (χ0v) is 16.2. The van der Waals surface area contributed by atoms with E-state index in [1.54, 1.807) is 29.2 Å². The first-order valence-corrected chi connectivity index (χ1v) is 9.29. The summed E-state index contributed by atoms with van der Waals surface area (Å²) in [7, 11) is 0. The van der Waals surface area contributed by atoms with Crippen molar-refractivity contribution in [3.05, 3.63) is 54.1 Å². The second-order valence-corrected chi connectivity index (χ2v) is 7.81. The predicted octanol–water partition coefficient (Wildman–Crippen LogP) is 3.57. The Morgan fingerprint density at radius 2 is 1.82 bits per heavy atom. The number of carbonyl (C=O) groups excluding carboxylic acids is 2. The van der Waals surface area contributed by atoms with Gasteiger partial charge in [0.2, 0.25) is 5.95 Å². The maximum absolute atomic E-state index is 12.8. The van der Waals surface area contributed by atoms with Gasteiger partial charge in [0.15, 0.2) is 0 Å². The lowest BCUT2D eigenvalue weighted by molar-refractivity contribution is 0.102. The first-order chi connectivity index (χ1) is 13.3. The summed E-state index contributed by atoms with van der Waals surface area (Å²) in [4.78, 5) is 30.8. The second kappa shape index (κ2) is 6.67. The van der Waals surface area contributed by atoms with E-state index in [1.807, 2.05) is 28.8 Å². The van der Waals surface area contributed by atoms with E-state index in [2.05, 4.69) is 36.4 Å². The Bertz CT molecular complexity index is 1050. The number of carbonyl (C=O) groups is 2. The molecule has 1 aromatic heterocycles. The highest BCUT2D eigenvalue weighted by Gasteiger charge is 2.24. The minimum absolute atomic E-state index is 0.115. The Kier molecular flexibility index (Phi) is 4.30. The van der Waals surface area contributed by atoms with Gasteiger partial charge in [-0.05, 0) is 57.2 Å². The number of amides is 3. The van der Waals surface area contributed by atoms with Crippen molar-refractivity contribution in [3.8, 4) is 0 Å². The van der Waals surface area contributed by atoms with Crippen LogP contribution in [0.15, 0.2) is 48.5 Å². The zero-order chi connectivity index (χ0) is 19.9. The summed E-state index contributed by atoms with van der Waals surface area (Å²) in [6.45, 7) is 7.48. The maximum atomic E-state index is 12.8. The van der Waals surface area contributed by atoms with Crippen LogP contribution in [-0.4, -0.2) is 34.6 Å². The first-order valence-electron chi connectivity index (χ1n) is 9.29. The van der Waals surface area contributed by atoms with Crippen LogP contribution in [0.4, 0.5) is 16.4 Å². The van der Waals surface area contributed by atoms with Gasteiger partial charge in [-0.15, -0.1) is 0 Å². The van der Waals surface area contributed by atoms with Crippen LogP contribution in [0.1, 0.15) is 31.1 Å². The number of aromatic nitrogens is 2. The van der Waals surface area contributed by atoms with Gasteiger partial charge < -0.3 is 9.88 Å². The number of rotatable bonds is 3. The van der Waals surface area contributed by atoms with E-state index in [0.29, 0.717) is 24.6 Å². The van der Waals surface area contributed by atoms with Gasteiger partial charge >= 0.3 is 6.03 Å². The van der Waals surface area contributed by atoms with Gasteiger partial charge in [0.05, 0.1) is 11.0 Å². The fraction of sp³-hybridized carbons (Fsp3) is 0.286.